The summed E-state index contributed by atoms with van der Waals surface area (Å²) < 4.78 is 41.1. The van der Waals surface area contributed by atoms with Crippen LogP contribution in [-0.2, 0) is 11.0 Å². The summed E-state index contributed by atoms with van der Waals surface area (Å²) in [7, 11) is -1.49. The maximum atomic E-state index is 13.4. The molecule has 0 aliphatic carbocycles. The van der Waals surface area contributed by atoms with Crippen LogP contribution in [0.5, 0.6) is 0 Å². The average Bonchev–Trinajstić information content (AvgIpc) is 2.23. The molecular formula is C11H12ClF2NOS. The lowest BCUT2D eigenvalue weighted by Crippen LogP contribution is -2.19. The van der Waals surface area contributed by atoms with Crippen LogP contribution in [0.3, 0.4) is 0 Å². The smallest absolute Gasteiger partial charge is 0.153 e. The van der Waals surface area contributed by atoms with Crippen molar-refractivity contribution in [2.75, 3.05) is 0 Å². The summed E-state index contributed by atoms with van der Waals surface area (Å²) in [4.78, 5) is 0. The largest absolute Gasteiger partial charge is 0.234 e. The van der Waals surface area contributed by atoms with Crippen LogP contribution in [0.25, 0.3) is 0 Å². The first-order chi connectivity index (χ1) is 7.73. The zero-order valence-electron chi connectivity index (χ0n) is 9.63. The van der Waals surface area contributed by atoms with Crippen molar-refractivity contribution in [3.8, 4) is 0 Å². The summed E-state index contributed by atoms with van der Waals surface area (Å²) in [5.41, 5.74) is 0.00833. The number of halogens is 3. The lowest BCUT2D eigenvalue weighted by molar-refractivity contribution is 0.583. The number of benzene rings is 1. The summed E-state index contributed by atoms with van der Waals surface area (Å²) in [6.07, 6.45) is 1.10. The molecule has 2 nitrogen and oxygen atoms in total. The number of hydrogen-bond acceptors (Lipinski definition) is 1. The van der Waals surface area contributed by atoms with Gasteiger partial charge in [-0.25, -0.2) is 13.0 Å². The summed E-state index contributed by atoms with van der Waals surface area (Å²) in [5.74, 6) is -1.74. The molecule has 1 atom stereocenters. The molecule has 0 aromatic heterocycles. The number of hydrogen-bond donors (Lipinski definition) is 0. The van der Waals surface area contributed by atoms with Crippen LogP contribution in [0.4, 0.5) is 8.78 Å². The molecule has 0 amide bonds. The van der Waals surface area contributed by atoms with Crippen molar-refractivity contribution in [1.29, 1.82) is 0 Å². The minimum atomic E-state index is -1.49. The van der Waals surface area contributed by atoms with Crippen molar-refractivity contribution >= 4 is 28.8 Å². The van der Waals surface area contributed by atoms with Crippen molar-refractivity contribution in [2.45, 2.75) is 25.5 Å². The second-order valence-corrected chi connectivity index (χ2v) is 6.67. The van der Waals surface area contributed by atoms with Gasteiger partial charge in [0.1, 0.15) is 21.8 Å². The van der Waals surface area contributed by atoms with Crippen LogP contribution in [0, 0.1) is 11.6 Å². The van der Waals surface area contributed by atoms with E-state index in [0.29, 0.717) is 0 Å². The molecule has 0 spiro atoms. The Balaban J connectivity index is 3.02. The highest BCUT2D eigenvalue weighted by molar-refractivity contribution is 7.85. The maximum Gasteiger partial charge on any atom is 0.153 e. The Kier molecular flexibility index (Phi) is 4.38. The lowest BCUT2D eigenvalue weighted by atomic mass is 10.2. The van der Waals surface area contributed by atoms with E-state index in [1.807, 2.05) is 0 Å². The van der Waals surface area contributed by atoms with E-state index in [1.165, 1.54) is 6.07 Å². The van der Waals surface area contributed by atoms with Gasteiger partial charge in [-0.1, -0.05) is 11.6 Å². The predicted octanol–water partition coefficient (Wildman–Crippen LogP) is 3.50. The van der Waals surface area contributed by atoms with Gasteiger partial charge in [-0.2, -0.15) is 4.40 Å². The van der Waals surface area contributed by atoms with Gasteiger partial charge in [-0.3, -0.25) is 0 Å². The molecule has 0 saturated heterocycles. The Morgan fingerprint density at radius 3 is 2.47 bits per heavy atom. The van der Waals surface area contributed by atoms with Gasteiger partial charge >= 0.3 is 0 Å². The van der Waals surface area contributed by atoms with E-state index in [9.17, 15) is 13.0 Å². The number of nitrogens with zero attached hydrogens (tertiary/aromatic N) is 1. The zero-order chi connectivity index (χ0) is 13.2. The van der Waals surface area contributed by atoms with E-state index in [0.717, 1.165) is 12.3 Å². The molecule has 0 unspecified atom stereocenters. The van der Waals surface area contributed by atoms with E-state index < -0.39 is 32.4 Å². The second kappa shape index (κ2) is 5.23. The first-order valence-electron chi connectivity index (χ1n) is 4.83. The highest BCUT2D eigenvalue weighted by Gasteiger charge is 2.18. The molecule has 0 aliphatic rings. The molecule has 1 aromatic rings. The van der Waals surface area contributed by atoms with Gasteiger partial charge in [0.05, 0.1) is 4.75 Å². The fraction of sp³-hybridized carbons (Fsp3) is 0.364. The normalized spacial score (nSPS) is 14.2. The van der Waals surface area contributed by atoms with Crippen molar-refractivity contribution < 1.29 is 13.0 Å². The Morgan fingerprint density at radius 2 is 1.94 bits per heavy atom. The maximum absolute atomic E-state index is 13.4. The molecule has 0 fully saturated rings. The van der Waals surface area contributed by atoms with Gasteiger partial charge in [-0.05, 0) is 32.9 Å². The molecule has 6 heteroatoms. The standard InChI is InChI=1S/C11H12ClF2NOS/c1-11(2,3)17(16)15-6-7-4-5-8(13)9(12)10(7)14/h4-6H,1-3H3/t17-/m1/s1. The topological polar surface area (TPSA) is 29.4 Å². The van der Waals surface area contributed by atoms with Gasteiger partial charge in [0.15, 0.2) is 5.82 Å². The third-order valence-corrected chi connectivity index (χ3v) is 3.57. The fourth-order valence-electron chi connectivity index (χ4n) is 0.903. The van der Waals surface area contributed by atoms with Crippen LogP contribution in [0.15, 0.2) is 16.5 Å². The third-order valence-electron chi connectivity index (χ3n) is 1.88. The molecule has 0 bridgehead atoms. The van der Waals surface area contributed by atoms with E-state index in [2.05, 4.69) is 4.40 Å². The molecule has 0 aliphatic heterocycles. The summed E-state index contributed by atoms with van der Waals surface area (Å²) in [5, 5.41) is -0.588. The van der Waals surface area contributed by atoms with Gasteiger partial charge in [0, 0.05) is 11.8 Å². The van der Waals surface area contributed by atoms with Crippen LogP contribution < -0.4 is 0 Å². The summed E-state index contributed by atoms with van der Waals surface area (Å²) in [6, 6.07) is 2.23. The molecule has 0 radical (unpaired) electrons. The second-order valence-electron chi connectivity index (χ2n) is 4.36. The third kappa shape index (κ3) is 3.57. The Morgan fingerprint density at radius 1 is 1.35 bits per heavy atom. The van der Waals surface area contributed by atoms with E-state index in [4.69, 9.17) is 11.6 Å². The number of rotatable bonds is 2. The molecular weight excluding hydrogens is 268 g/mol. The zero-order valence-corrected chi connectivity index (χ0v) is 11.2. The quantitative estimate of drug-likeness (QED) is 0.602. The van der Waals surface area contributed by atoms with Crippen molar-refractivity contribution in [3.05, 3.63) is 34.4 Å². The van der Waals surface area contributed by atoms with Gasteiger partial charge in [0.2, 0.25) is 0 Å². The molecule has 94 valence electrons. The fourth-order valence-corrected chi connectivity index (χ4v) is 1.60. The minimum absolute atomic E-state index is 0.00833. The van der Waals surface area contributed by atoms with E-state index in [-0.39, 0.29) is 5.56 Å². The molecule has 0 N–H and O–H groups in total. The lowest BCUT2D eigenvalue weighted by Gasteiger charge is -2.12. The summed E-state index contributed by atoms with van der Waals surface area (Å²) in [6.45, 7) is 5.23. The first-order valence-corrected chi connectivity index (χ1v) is 6.31. The molecule has 17 heavy (non-hydrogen) atoms. The Bertz CT molecular complexity index is 483. The molecule has 0 saturated carbocycles. The van der Waals surface area contributed by atoms with Crippen LogP contribution >= 0.6 is 11.6 Å². The molecule has 1 aromatic carbocycles. The van der Waals surface area contributed by atoms with Crippen molar-refractivity contribution in [3.63, 3.8) is 0 Å². The van der Waals surface area contributed by atoms with Crippen LogP contribution in [-0.4, -0.2) is 15.2 Å². The van der Waals surface area contributed by atoms with Gasteiger partial charge < -0.3 is 0 Å². The molecule has 1 rings (SSSR count). The van der Waals surface area contributed by atoms with Crippen LogP contribution in [0.1, 0.15) is 26.3 Å². The monoisotopic (exact) mass is 279 g/mol. The highest BCUT2D eigenvalue weighted by Crippen LogP contribution is 2.21. The van der Waals surface area contributed by atoms with Gasteiger partial charge in [-0.15, -0.1) is 0 Å². The van der Waals surface area contributed by atoms with Crippen molar-refractivity contribution in [2.24, 2.45) is 4.40 Å². The van der Waals surface area contributed by atoms with E-state index in [1.54, 1.807) is 20.8 Å². The molecule has 0 heterocycles. The summed E-state index contributed by atoms with van der Waals surface area (Å²) >= 11 is 5.40. The predicted molar refractivity (Wildman–Crippen MR) is 66.9 cm³/mol. The minimum Gasteiger partial charge on any atom is -0.234 e. The van der Waals surface area contributed by atoms with Crippen molar-refractivity contribution in [1.82, 2.24) is 0 Å². The highest BCUT2D eigenvalue weighted by atomic mass is 35.5. The van der Waals surface area contributed by atoms with Gasteiger partial charge in [0.25, 0.3) is 0 Å². The van der Waals surface area contributed by atoms with E-state index >= 15 is 0 Å². The Hall–Kier alpha value is -0.810. The van der Waals surface area contributed by atoms with Crippen LogP contribution in [0.2, 0.25) is 5.02 Å². The average molecular weight is 280 g/mol. The first kappa shape index (κ1) is 14.3. The SMILES string of the molecule is CC(C)(C)[S@@](=O)N=Cc1ccc(F)c(Cl)c1F. The Labute approximate surface area is 106 Å².